The molecule has 106 valence electrons. The van der Waals surface area contributed by atoms with Crippen molar-refractivity contribution in [1.29, 1.82) is 0 Å². The predicted molar refractivity (Wildman–Crippen MR) is 75.3 cm³/mol. The summed E-state index contributed by atoms with van der Waals surface area (Å²) in [6.07, 6.45) is 1.86. The van der Waals surface area contributed by atoms with Gasteiger partial charge < -0.3 is 15.2 Å². The van der Waals surface area contributed by atoms with Crippen LogP contribution in [0.3, 0.4) is 0 Å². The highest BCUT2D eigenvalue weighted by Crippen LogP contribution is 2.28. The third-order valence-corrected chi connectivity index (χ3v) is 4.29. The Morgan fingerprint density at radius 3 is 3.05 bits per heavy atom. The number of nitrogens with one attached hydrogen (secondary N) is 1. The quantitative estimate of drug-likeness (QED) is 0.764. The lowest BCUT2D eigenvalue weighted by Crippen LogP contribution is -2.36. The maximum Gasteiger partial charge on any atom is 0.228 e. The maximum absolute atomic E-state index is 11.9. The van der Waals surface area contributed by atoms with Crippen LogP contribution in [0.5, 0.6) is 0 Å². The molecule has 1 saturated carbocycles. The topological polar surface area (TPSA) is 58.6 Å². The van der Waals surface area contributed by atoms with Crippen molar-refractivity contribution in [2.45, 2.75) is 31.8 Å². The number of thiophene rings is 1. The zero-order valence-corrected chi connectivity index (χ0v) is 12.0. The molecular formula is C14H21NO3S. The van der Waals surface area contributed by atoms with Crippen LogP contribution in [0.2, 0.25) is 0 Å². The molecule has 1 aliphatic carbocycles. The smallest absolute Gasteiger partial charge is 0.228 e. The van der Waals surface area contributed by atoms with E-state index in [0.717, 1.165) is 11.5 Å². The highest BCUT2D eigenvalue weighted by molar-refractivity contribution is 7.10. The number of hydrogen-bond acceptors (Lipinski definition) is 4. The van der Waals surface area contributed by atoms with Gasteiger partial charge in [-0.05, 0) is 37.1 Å². The van der Waals surface area contributed by atoms with Crippen molar-refractivity contribution in [3.8, 4) is 0 Å². The summed E-state index contributed by atoms with van der Waals surface area (Å²) in [4.78, 5) is 12.9. The molecule has 19 heavy (non-hydrogen) atoms. The molecule has 1 aromatic rings. The molecule has 1 amide bonds. The van der Waals surface area contributed by atoms with Gasteiger partial charge >= 0.3 is 0 Å². The fourth-order valence-electron chi connectivity index (χ4n) is 1.75. The summed E-state index contributed by atoms with van der Waals surface area (Å²) in [5.41, 5.74) is 0. The fourth-order valence-corrected chi connectivity index (χ4v) is 2.54. The molecule has 1 heterocycles. The van der Waals surface area contributed by atoms with Gasteiger partial charge in [-0.25, -0.2) is 0 Å². The first-order valence-corrected chi connectivity index (χ1v) is 7.61. The summed E-state index contributed by atoms with van der Waals surface area (Å²) in [7, 11) is 0. The van der Waals surface area contributed by atoms with Crippen molar-refractivity contribution in [3.05, 3.63) is 22.4 Å². The normalized spacial score (nSPS) is 18.0. The lowest BCUT2D eigenvalue weighted by Gasteiger charge is -2.14. The monoisotopic (exact) mass is 283 g/mol. The third kappa shape index (κ3) is 4.93. The predicted octanol–water partition coefficient (Wildman–Crippen LogP) is 1.76. The number of carbonyl (C=O) groups is 1. The van der Waals surface area contributed by atoms with E-state index in [-0.39, 0.29) is 18.4 Å². The lowest BCUT2D eigenvalue weighted by molar-refractivity contribution is -0.122. The summed E-state index contributed by atoms with van der Waals surface area (Å²) < 4.78 is 5.39. The van der Waals surface area contributed by atoms with Crippen molar-refractivity contribution >= 4 is 17.2 Å². The van der Waals surface area contributed by atoms with Crippen LogP contribution in [0, 0.1) is 5.92 Å². The zero-order valence-electron chi connectivity index (χ0n) is 11.2. The van der Waals surface area contributed by atoms with Gasteiger partial charge in [0.25, 0.3) is 0 Å². The molecule has 2 unspecified atom stereocenters. The number of ether oxygens (including phenoxy) is 1. The Bertz CT molecular complexity index is 389. The molecule has 2 atom stereocenters. The van der Waals surface area contributed by atoms with Gasteiger partial charge in [0.1, 0.15) is 0 Å². The Balaban J connectivity index is 1.61. The molecule has 5 heteroatoms. The van der Waals surface area contributed by atoms with Crippen LogP contribution in [-0.2, 0) is 9.53 Å². The van der Waals surface area contributed by atoms with E-state index in [1.165, 1.54) is 12.8 Å². The molecule has 2 rings (SSSR count). The summed E-state index contributed by atoms with van der Waals surface area (Å²) in [5.74, 6) is 0.476. The van der Waals surface area contributed by atoms with E-state index in [4.69, 9.17) is 4.74 Å². The van der Waals surface area contributed by atoms with Crippen LogP contribution in [-0.4, -0.2) is 36.9 Å². The summed E-state index contributed by atoms with van der Waals surface area (Å²) >= 11 is 1.57. The van der Waals surface area contributed by atoms with Crippen LogP contribution in [0.15, 0.2) is 17.5 Å². The zero-order chi connectivity index (χ0) is 13.7. The van der Waals surface area contributed by atoms with Crippen LogP contribution < -0.4 is 5.32 Å². The van der Waals surface area contributed by atoms with Crippen LogP contribution >= 0.6 is 11.3 Å². The minimum absolute atomic E-state index is 0.0521. The van der Waals surface area contributed by atoms with Gasteiger partial charge in [-0.3, -0.25) is 4.79 Å². The average Bonchev–Trinajstić information content (AvgIpc) is 3.06. The minimum Gasteiger partial charge on any atom is -0.389 e. The number of hydrogen-bond donors (Lipinski definition) is 2. The first-order valence-electron chi connectivity index (χ1n) is 6.73. The highest BCUT2D eigenvalue weighted by atomic mass is 32.1. The van der Waals surface area contributed by atoms with Gasteiger partial charge in [0, 0.05) is 18.0 Å². The summed E-state index contributed by atoms with van der Waals surface area (Å²) in [6.45, 7) is 3.15. The fraction of sp³-hybridized carbons (Fsp3) is 0.643. The van der Waals surface area contributed by atoms with E-state index in [1.54, 1.807) is 11.3 Å². The number of aliphatic hydroxyl groups is 1. The van der Waals surface area contributed by atoms with Crippen LogP contribution in [0.1, 0.15) is 30.6 Å². The molecule has 0 aliphatic heterocycles. The number of aliphatic hydroxyl groups excluding tert-OH is 1. The number of amides is 1. The molecule has 0 bridgehead atoms. The highest BCUT2D eigenvalue weighted by Gasteiger charge is 2.22. The second kappa shape index (κ2) is 7.03. The van der Waals surface area contributed by atoms with Crippen molar-refractivity contribution in [3.63, 3.8) is 0 Å². The lowest BCUT2D eigenvalue weighted by atomic mass is 10.1. The number of rotatable bonds is 8. The molecule has 2 N–H and O–H groups in total. The Morgan fingerprint density at radius 1 is 1.63 bits per heavy atom. The Hall–Kier alpha value is -0.910. The van der Waals surface area contributed by atoms with Gasteiger partial charge in [0.05, 0.1) is 18.6 Å². The maximum atomic E-state index is 11.9. The van der Waals surface area contributed by atoms with E-state index >= 15 is 0 Å². The van der Waals surface area contributed by atoms with Gasteiger partial charge in [0.15, 0.2) is 0 Å². The van der Waals surface area contributed by atoms with Gasteiger partial charge in [-0.2, -0.15) is 0 Å². The van der Waals surface area contributed by atoms with Crippen molar-refractivity contribution in [2.24, 2.45) is 5.92 Å². The SMILES string of the molecule is CC(C(=O)NCC(O)COCC1CC1)c1cccs1. The summed E-state index contributed by atoms with van der Waals surface area (Å²) in [5, 5.41) is 14.4. The van der Waals surface area contributed by atoms with Crippen molar-refractivity contribution < 1.29 is 14.6 Å². The van der Waals surface area contributed by atoms with Gasteiger partial charge in [-0.1, -0.05) is 6.07 Å². The van der Waals surface area contributed by atoms with Crippen molar-refractivity contribution in [1.82, 2.24) is 5.32 Å². The Kier molecular flexibility index (Phi) is 5.36. The van der Waals surface area contributed by atoms with Crippen molar-refractivity contribution in [2.75, 3.05) is 19.8 Å². The number of carbonyl (C=O) groups excluding carboxylic acids is 1. The largest absolute Gasteiger partial charge is 0.389 e. The van der Waals surface area contributed by atoms with E-state index in [2.05, 4.69) is 5.32 Å². The Labute approximate surface area is 117 Å². The van der Waals surface area contributed by atoms with E-state index in [1.807, 2.05) is 24.4 Å². The molecular weight excluding hydrogens is 262 g/mol. The second-order valence-electron chi connectivity index (χ2n) is 5.12. The van der Waals surface area contributed by atoms with E-state index < -0.39 is 6.10 Å². The third-order valence-electron chi connectivity index (χ3n) is 3.24. The van der Waals surface area contributed by atoms with Gasteiger partial charge in [0.2, 0.25) is 5.91 Å². The first-order chi connectivity index (χ1) is 9.16. The molecule has 0 radical (unpaired) electrons. The summed E-state index contributed by atoms with van der Waals surface area (Å²) in [6, 6.07) is 3.88. The second-order valence-corrected chi connectivity index (χ2v) is 6.10. The molecule has 0 aromatic carbocycles. The first kappa shape index (κ1) is 14.5. The average molecular weight is 283 g/mol. The standard InChI is InChI=1S/C14H21NO3S/c1-10(13-3-2-6-19-13)14(17)15-7-12(16)9-18-8-11-4-5-11/h2-3,6,10-12,16H,4-5,7-9H2,1H3,(H,15,17). The molecule has 4 nitrogen and oxygen atoms in total. The molecule has 1 aliphatic rings. The molecule has 1 aromatic heterocycles. The van der Waals surface area contributed by atoms with Gasteiger partial charge in [-0.15, -0.1) is 11.3 Å². The van der Waals surface area contributed by atoms with E-state index in [0.29, 0.717) is 12.5 Å². The van der Waals surface area contributed by atoms with E-state index in [9.17, 15) is 9.90 Å². The molecule has 0 spiro atoms. The Morgan fingerprint density at radius 2 is 2.42 bits per heavy atom. The molecule has 1 fully saturated rings. The molecule has 0 saturated heterocycles. The van der Waals surface area contributed by atoms with Crippen LogP contribution in [0.25, 0.3) is 0 Å². The minimum atomic E-state index is -0.627. The van der Waals surface area contributed by atoms with Crippen LogP contribution in [0.4, 0.5) is 0 Å².